The predicted molar refractivity (Wildman–Crippen MR) is 71.9 cm³/mol. The van der Waals surface area contributed by atoms with Crippen LogP contribution >= 0.6 is 0 Å². The maximum atomic E-state index is 5.89. The Kier molecular flexibility index (Phi) is 2.92. The molecule has 0 aliphatic rings. The summed E-state index contributed by atoms with van der Waals surface area (Å²) in [4.78, 5) is 0. The number of benzene rings is 1. The zero-order chi connectivity index (χ0) is 12.6. The molecule has 0 spiro atoms. The van der Waals surface area contributed by atoms with Crippen LogP contribution in [0.15, 0.2) is 24.4 Å². The quantitative estimate of drug-likeness (QED) is 0.803. The summed E-state index contributed by atoms with van der Waals surface area (Å²) in [6.07, 6.45) is 2.09. The van der Waals surface area contributed by atoms with Crippen molar-refractivity contribution in [1.82, 2.24) is 9.78 Å². The number of nitrogens with zero attached hydrogens (tertiary/aromatic N) is 2. The number of rotatable bonds is 2. The Morgan fingerprint density at radius 3 is 2.41 bits per heavy atom. The van der Waals surface area contributed by atoms with Crippen LogP contribution in [0.4, 0.5) is 5.69 Å². The van der Waals surface area contributed by atoms with Crippen molar-refractivity contribution in [3.63, 3.8) is 0 Å². The highest BCUT2D eigenvalue weighted by Gasteiger charge is 2.09. The molecule has 0 fully saturated rings. The average molecular weight is 229 g/mol. The second-order valence-corrected chi connectivity index (χ2v) is 4.83. The topological polar surface area (TPSA) is 43.8 Å². The Hall–Kier alpha value is -1.77. The third-order valence-electron chi connectivity index (χ3n) is 2.86. The molecule has 1 aromatic carbocycles. The second-order valence-electron chi connectivity index (χ2n) is 4.83. The lowest BCUT2D eigenvalue weighted by Crippen LogP contribution is -2.00. The first-order chi connectivity index (χ1) is 7.97. The molecule has 0 bridgehead atoms. The van der Waals surface area contributed by atoms with Crippen LogP contribution in [0.5, 0.6) is 0 Å². The van der Waals surface area contributed by atoms with Gasteiger partial charge in [-0.25, -0.2) is 0 Å². The summed E-state index contributed by atoms with van der Waals surface area (Å²) in [5, 5.41) is 4.52. The van der Waals surface area contributed by atoms with Gasteiger partial charge in [0.05, 0.1) is 5.69 Å². The van der Waals surface area contributed by atoms with Gasteiger partial charge in [-0.15, -0.1) is 0 Å². The molecule has 0 aliphatic carbocycles. The van der Waals surface area contributed by atoms with E-state index in [4.69, 9.17) is 5.73 Å². The Balaban J connectivity index is 2.52. The molecule has 0 aliphatic heterocycles. The number of nitrogens with two attached hydrogens (primary N) is 1. The fourth-order valence-electron chi connectivity index (χ4n) is 2.00. The number of nitrogen functional groups attached to an aromatic ring is 1. The highest BCUT2D eigenvalue weighted by atomic mass is 15.3. The minimum absolute atomic E-state index is 0.379. The first kappa shape index (κ1) is 11.7. The van der Waals surface area contributed by atoms with Crippen LogP contribution in [0, 0.1) is 13.8 Å². The van der Waals surface area contributed by atoms with Gasteiger partial charge in [0, 0.05) is 23.5 Å². The maximum absolute atomic E-state index is 5.89. The van der Waals surface area contributed by atoms with Gasteiger partial charge in [-0.1, -0.05) is 6.07 Å². The van der Waals surface area contributed by atoms with Crippen LogP contribution in [0.3, 0.4) is 0 Å². The molecule has 17 heavy (non-hydrogen) atoms. The van der Waals surface area contributed by atoms with Crippen molar-refractivity contribution < 1.29 is 0 Å². The summed E-state index contributed by atoms with van der Waals surface area (Å²) in [5.41, 5.74) is 11.2. The van der Waals surface area contributed by atoms with Crippen molar-refractivity contribution in [3.05, 3.63) is 35.7 Å². The number of anilines is 1. The molecule has 0 amide bonds. The van der Waals surface area contributed by atoms with Gasteiger partial charge in [-0.05, 0) is 51.0 Å². The lowest BCUT2D eigenvalue weighted by atomic mass is 10.0. The fraction of sp³-hybridized carbons (Fsp3) is 0.357. The number of aryl methyl sites for hydroxylation is 2. The molecule has 90 valence electrons. The van der Waals surface area contributed by atoms with Gasteiger partial charge in [0.2, 0.25) is 0 Å². The van der Waals surface area contributed by atoms with E-state index in [0.29, 0.717) is 6.04 Å². The third-order valence-corrected chi connectivity index (χ3v) is 2.86. The monoisotopic (exact) mass is 229 g/mol. The van der Waals surface area contributed by atoms with Gasteiger partial charge in [0.25, 0.3) is 0 Å². The zero-order valence-corrected chi connectivity index (χ0v) is 10.9. The minimum Gasteiger partial charge on any atom is -0.399 e. The van der Waals surface area contributed by atoms with Gasteiger partial charge in [0.15, 0.2) is 0 Å². The molecule has 1 aromatic heterocycles. The first-order valence-electron chi connectivity index (χ1n) is 5.90. The van der Waals surface area contributed by atoms with E-state index in [1.54, 1.807) is 0 Å². The number of hydrogen-bond acceptors (Lipinski definition) is 2. The van der Waals surface area contributed by atoms with E-state index >= 15 is 0 Å². The lowest BCUT2D eigenvalue weighted by Gasteiger charge is -2.04. The Morgan fingerprint density at radius 1 is 1.18 bits per heavy atom. The SMILES string of the molecule is Cc1cc(N)cc(-c2cn(C(C)C)nc2C)c1. The van der Waals surface area contributed by atoms with Crippen molar-refractivity contribution in [2.75, 3.05) is 5.73 Å². The van der Waals surface area contributed by atoms with Crippen molar-refractivity contribution >= 4 is 5.69 Å². The van der Waals surface area contributed by atoms with E-state index in [9.17, 15) is 0 Å². The zero-order valence-electron chi connectivity index (χ0n) is 10.9. The van der Waals surface area contributed by atoms with E-state index < -0.39 is 0 Å². The van der Waals surface area contributed by atoms with Crippen molar-refractivity contribution in [3.8, 4) is 11.1 Å². The summed E-state index contributed by atoms with van der Waals surface area (Å²) < 4.78 is 1.99. The van der Waals surface area contributed by atoms with Crippen molar-refractivity contribution in [2.45, 2.75) is 33.7 Å². The summed E-state index contributed by atoms with van der Waals surface area (Å²) in [6, 6.07) is 6.50. The second kappa shape index (κ2) is 4.24. The van der Waals surface area contributed by atoms with Gasteiger partial charge < -0.3 is 5.73 Å². The van der Waals surface area contributed by atoms with Crippen LogP contribution < -0.4 is 5.73 Å². The van der Waals surface area contributed by atoms with E-state index in [-0.39, 0.29) is 0 Å². The highest BCUT2D eigenvalue weighted by Crippen LogP contribution is 2.26. The largest absolute Gasteiger partial charge is 0.399 e. The summed E-state index contributed by atoms with van der Waals surface area (Å²) in [5.74, 6) is 0. The standard InChI is InChI=1S/C14H19N3/c1-9(2)17-8-14(11(4)16-17)12-5-10(3)6-13(15)7-12/h5-9H,15H2,1-4H3. The van der Waals surface area contributed by atoms with Crippen LogP contribution in [0.1, 0.15) is 31.1 Å². The van der Waals surface area contributed by atoms with Crippen molar-refractivity contribution in [1.29, 1.82) is 0 Å². The Labute approximate surface area is 102 Å². The molecule has 0 atom stereocenters. The number of aromatic nitrogens is 2. The molecule has 3 nitrogen and oxygen atoms in total. The predicted octanol–water partition coefficient (Wildman–Crippen LogP) is 3.33. The van der Waals surface area contributed by atoms with Crippen LogP contribution in [0.2, 0.25) is 0 Å². The average Bonchev–Trinajstić information content (AvgIpc) is 2.59. The minimum atomic E-state index is 0.379. The molecular weight excluding hydrogens is 210 g/mol. The van der Waals surface area contributed by atoms with E-state index in [0.717, 1.165) is 22.5 Å². The maximum Gasteiger partial charge on any atom is 0.0672 e. The summed E-state index contributed by atoms with van der Waals surface area (Å²) in [6.45, 7) is 8.34. The Morgan fingerprint density at radius 2 is 1.88 bits per heavy atom. The van der Waals surface area contributed by atoms with E-state index in [1.165, 1.54) is 5.56 Å². The fourth-order valence-corrected chi connectivity index (χ4v) is 2.00. The van der Waals surface area contributed by atoms with Gasteiger partial charge in [-0.2, -0.15) is 5.10 Å². The smallest absolute Gasteiger partial charge is 0.0672 e. The molecule has 2 N–H and O–H groups in total. The molecule has 2 aromatic rings. The van der Waals surface area contributed by atoms with Gasteiger partial charge in [0.1, 0.15) is 0 Å². The van der Waals surface area contributed by atoms with E-state index in [2.05, 4.69) is 38.1 Å². The molecular formula is C14H19N3. The summed E-state index contributed by atoms with van der Waals surface area (Å²) in [7, 11) is 0. The Bertz CT molecular complexity index is 518. The van der Waals surface area contributed by atoms with Crippen molar-refractivity contribution in [2.24, 2.45) is 0 Å². The van der Waals surface area contributed by atoms with Crippen LogP contribution in [-0.2, 0) is 0 Å². The molecule has 2 rings (SSSR count). The van der Waals surface area contributed by atoms with Gasteiger partial charge >= 0.3 is 0 Å². The molecule has 0 unspecified atom stereocenters. The molecule has 3 heteroatoms. The molecule has 0 radical (unpaired) electrons. The molecule has 0 saturated carbocycles. The highest BCUT2D eigenvalue weighted by molar-refractivity contribution is 5.69. The molecule has 0 saturated heterocycles. The van der Waals surface area contributed by atoms with E-state index in [1.807, 2.05) is 23.7 Å². The van der Waals surface area contributed by atoms with Gasteiger partial charge in [-0.3, -0.25) is 4.68 Å². The normalized spacial score (nSPS) is 11.1. The third kappa shape index (κ3) is 2.33. The number of hydrogen-bond donors (Lipinski definition) is 1. The summed E-state index contributed by atoms with van der Waals surface area (Å²) >= 11 is 0. The van der Waals surface area contributed by atoms with Crippen LogP contribution in [-0.4, -0.2) is 9.78 Å². The lowest BCUT2D eigenvalue weighted by molar-refractivity contribution is 0.529. The first-order valence-corrected chi connectivity index (χ1v) is 5.90. The van der Waals surface area contributed by atoms with Crippen LogP contribution in [0.25, 0.3) is 11.1 Å². The molecule has 1 heterocycles.